The van der Waals surface area contributed by atoms with E-state index in [0.29, 0.717) is 43.7 Å². The minimum absolute atomic E-state index is 0.0753. The summed E-state index contributed by atoms with van der Waals surface area (Å²) >= 11 is 0. The van der Waals surface area contributed by atoms with Gasteiger partial charge in [0.25, 0.3) is 0 Å². The zero-order valence-corrected chi connectivity index (χ0v) is 18.7. The SMILES string of the molecule is CCCC(=O)O[C@H]1C=C2CC3(CC[C@]2(C)[C@H]2CC[C@]4(C)C(=O)CC[C@H]4[C@H]12)OCCO3. The average Bonchev–Trinajstić information content (AvgIpc) is 3.28. The Balaban J connectivity index is 1.53. The Kier molecular flexibility index (Phi) is 4.94. The van der Waals surface area contributed by atoms with E-state index in [2.05, 4.69) is 19.9 Å². The van der Waals surface area contributed by atoms with Crippen molar-refractivity contribution < 1.29 is 23.8 Å². The van der Waals surface area contributed by atoms with E-state index in [1.807, 2.05) is 6.92 Å². The predicted octanol–water partition coefficient (Wildman–Crippen LogP) is 4.58. The van der Waals surface area contributed by atoms with Gasteiger partial charge in [0.05, 0.1) is 13.2 Å². The zero-order chi connectivity index (χ0) is 21.1. The standard InChI is InChI=1S/C25H36O5/c1-4-5-21(27)30-19-14-16-15-25(28-12-13-29-25)11-10-23(16,2)18-8-9-24(3)17(22(18)19)6-7-20(24)26/h14,17-19,22H,4-13,15H2,1-3H3/t17-,18-,19-,22-,23-,24-/m0/s1. The van der Waals surface area contributed by atoms with Crippen molar-refractivity contribution in [3.05, 3.63) is 11.6 Å². The largest absolute Gasteiger partial charge is 0.458 e. The molecule has 1 saturated heterocycles. The maximum atomic E-state index is 12.8. The van der Waals surface area contributed by atoms with Crippen molar-refractivity contribution in [2.24, 2.45) is 28.6 Å². The van der Waals surface area contributed by atoms with Crippen LogP contribution in [-0.4, -0.2) is 36.9 Å². The number of Topliss-reactive ketones (excluding diaryl/α,β-unsaturated/α-hetero) is 1. The minimum atomic E-state index is -0.483. The molecule has 0 aromatic carbocycles. The Labute approximate surface area is 179 Å². The molecule has 1 spiro atoms. The molecule has 1 aliphatic heterocycles. The van der Waals surface area contributed by atoms with Crippen molar-refractivity contribution in [2.45, 2.75) is 90.4 Å². The monoisotopic (exact) mass is 416 g/mol. The van der Waals surface area contributed by atoms with Crippen molar-refractivity contribution >= 4 is 11.8 Å². The lowest BCUT2D eigenvalue weighted by atomic mass is 9.47. The molecule has 0 aromatic heterocycles. The molecule has 3 saturated carbocycles. The Bertz CT molecular complexity index is 766. The van der Waals surface area contributed by atoms with Crippen LogP contribution in [0.5, 0.6) is 0 Å². The van der Waals surface area contributed by atoms with Crippen LogP contribution in [0, 0.1) is 28.6 Å². The third kappa shape index (κ3) is 2.95. The van der Waals surface area contributed by atoms with Gasteiger partial charge in [-0.25, -0.2) is 0 Å². The molecule has 30 heavy (non-hydrogen) atoms. The number of ether oxygens (including phenoxy) is 3. The zero-order valence-electron chi connectivity index (χ0n) is 18.7. The Morgan fingerprint density at radius 3 is 2.57 bits per heavy atom. The molecular weight excluding hydrogens is 380 g/mol. The van der Waals surface area contributed by atoms with Gasteiger partial charge in [0.15, 0.2) is 5.79 Å². The van der Waals surface area contributed by atoms with Gasteiger partial charge in [-0.1, -0.05) is 26.3 Å². The van der Waals surface area contributed by atoms with Gasteiger partial charge in [0.1, 0.15) is 11.9 Å². The van der Waals surface area contributed by atoms with Crippen LogP contribution in [0.4, 0.5) is 0 Å². The highest BCUT2D eigenvalue weighted by molar-refractivity contribution is 5.87. The highest BCUT2D eigenvalue weighted by atomic mass is 16.7. The van der Waals surface area contributed by atoms with Crippen molar-refractivity contribution in [3.8, 4) is 0 Å². The fraction of sp³-hybridized carbons (Fsp3) is 0.840. The van der Waals surface area contributed by atoms with E-state index in [9.17, 15) is 9.59 Å². The molecule has 0 radical (unpaired) electrons. The summed E-state index contributed by atoms with van der Waals surface area (Å²) in [6.07, 6.45) is 9.60. The number of esters is 1. The van der Waals surface area contributed by atoms with Gasteiger partial charge in [-0.2, -0.15) is 0 Å². The van der Waals surface area contributed by atoms with Gasteiger partial charge in [-0.15, -0.1) is 0 Å². The van der Waals surface area contributed by atoms with Crippen molar-refractivity contribution in [1.29, 1.82) is 0 Å². The van der Waals surface area contributed by atoms with Gasteiger partial charge in [0, 0.05) is 37.0 Å². The predicted molar refractivity (Wildman–Crippen MR) is 112 cm³/mol. The lowest BCUT2D eigenvalue weighted by Gasteiger charge is -2.59. The molecule has 4 aliphatic carbocycles. The van der Waals surface area contributed by atoms with E-state index in [4.69, 9.17) is 14.2 Å². The number of carbonyl (C=O) groups excluding carboxylic acids is 2. The van der Waals surface area contributed by atoms with Crippen molar-refractivity contribution in [1.82, 2.24) is 0 Å². The first kappa shape index (κ1) is 20.7. The molecule has 0 unspecified atom stereocenters. The summed E-state index contributed by atoms with van der Waals surface area (Å²) in [6, 6.07) is 0. The fourth-order valence-electron chi connectivity index (χ4n) is 7.61. The molecule has 4 fully saturated rings. The minimum Gasteiger partial charge on any atom is -0.458 e. The van der Waals surface area contributed by atoms with Crippen LogP contribution in [0.25, 0.3) is 0 Å². The molecular formula is C25H36O5. The summed E-state index contributed by atoms with van der Waals surface area (Å²) in [7, 11) is 0. The van der Waals surface area contributed by atoms with Crippen LogP contribution in [0.15, 0.2) is 11.6 Å². The summed E-state index contributed by atoms with van der Waals surface area (Å²) < 4.78 is 18.2. The normalized spacial score (nSPS) is 44.2. The van der Waals surface area contributed by atoms with E-state index in [0.717, 1.165) is 44.9 Å². The maximum Gasteiger partial charge on any atom is 0.306 e. The number of hydrogen-bond donors (Lipinski definition) is 0. The van der Waals surface area contributed by atoms with Crippen LogP contribution in [0.3, 0.4) is 0 Å². The smallest absolute Gasteiger partial charge is 0.306 e. The van der Waals surface area contributed by atoms with E-state index in [1.165, 1.54) is 5.57 Å². The molecule has 1 heterocycles. The van der Waals surface area contributed by atoms with Crippen LogP contribution in [-0.2, 0) is 23.8 Å². The summed E-state index contributed by atoms with van der Waals surface area (Å²) in [6.45, 7) is 7.90. The topological polar surface area (TPSA) is 61.8 Å². The second kappa shape index (κ2) is 7.16. The average molecular weight is 417 g/mol. The number of ketones is 1. The van der Waals surface area contributed by atoms with Gasteiger partial charge in [-0.3, -0.25) is 9.59 Å². The molecule has 0 N–H and O–H groups in total. The Hall–Kier alpha value is -1.20. The summed E-state index contributed by atoms with van der Waals surface area (Å²) in [4.78, 5) is 25.4. The third-order valence-electron chi connectivity index (χ3n) is 9.36. The molecule has 0 aromatic rings. The fourth-order valence-corrected chi connectivity index (χ4v) is 7.61. The molecule has 5 rings (SSSR count). The molecule has 0 amide bonds. The molecule has 6 atom stereocenters. The van der Waals surface area contributed by atoms with E-state index in [1.54, 1.807) is 0 Å². The van der Waals surface area contributed by atoms with Crippen LogP contribution in [0.2, 0.25) is 0 Å². The van der Waals surface area contributed by atoms with E-state index in [-0.39, 0.29) is 28.8 Å². The third-order valence-corrected chi connectivity index (χ3v) is 9.36. The van der Waals surface area contributed by atoms with Crippen LogP contribution >= 0.6 is 0 Å². The van der Waals surface area contributed by atoms with Gasteiger partial charge in [-0.05, 0) is 55.4 Å². The number of rotatable bonds is 3. The number of hydrogen-bond acceptors (Lipinski definition) is 5. The quantitative estimate of drug-likeness (QED) is 0.498. The summed E-state index contributed by atoms with van der Waals surface area (Å²) in [5.41, 5.74) is 1.18. The van der Waals surface area contributed by atoms with Gasteiger partial charge in [0.2, 0.25) is 0 Å². The van der Waals surface area contributed by atoms with Gasteiger partial charge < -0.3 is 14.2 Å². The molecule has 5 aliphatic rings. The molecule has 0 bridgehead atoms. The van der Waals surface area contributed by atoms with Crippen LogP contribution < -0.4 is 0 Å². The van der Waals surface area contributed by atoms with E-state index >= 15 is 0 Å². The van der Waals surface area contributed by atoms with Crippen molar-refractivity contribution in [2.75, 3.05) is 13.2 Å². The first-order chi connectivity index (χ1) is 14.3. The Morgan fingerprint density at radius 1 is 1.10 bits per heavy atom. The van der Waals surface area contributed by atoms with Gasteiger partial charge >= 0.3 is 5.97 Å². The Morgan fingerprint density at radius 2 is 1.83 bits per heavy atom. The van der Waals surface area contributed by atoms with E-state index < -0.39 is 5.79 Å². The maximum absolute atomic E-state index is 12.8. The summed E-state index contributed by atoms with van der Waals surface area (Å²) in [5, 5.41) is 0. The second-order valence-corrected chi connectivity index (χ2v) is 10.8. The second-order valence-electron chi connectivity index (χ2n) is 10.8. The van der Waals surface area contributed by atoms with Crippen molar-refractivity contribution in [3.63, 3.8) is 0 Å². The number of fused-ring (bicyclic) bond motifs is 5. The highest BCUT2D eigenvalue weighted by Crippen LogP contribution is 2.65. The first-order valence-electron chi connectivity index (χ1n) is 12.0. The molecule has 5 nitrogen and oxygen atoms in total. The van der Waals surface area contributed by atoms with Crippen LogP contribution in [0.1, 0.15) is 78.6 Å². The molecule has 5 heteroatoms. The highest BCUT2D eigenvalue weighted by Gasteiger charge is 2.63. The first-order valence-corrected chi connectivity index (χ1v) is 12.0. The summed E-state index contributed by atoms with van der Waals surface area (Å²) in [5.74, 6) is 0.816. The number of carbonyl (C=O) groups is 2. The molecule has 166 valence electrons. The lowest BCUT2D eigenvalue weighted by Crippen LogP contribution is -2.56. The lowest BCUT2D eigenvalue weighted by molar-refractivity contribution is -0.191.